The Bertz CT molecular complexity index is 956. The van der Waals surface area contributed by atoms with E-state index in [-0.39, 0.29) is 11.4 Å². The van der Waals surface area contributed by atoms with E-state index < -0.39 is 17.6 Å². The molecule has 0 aliphatic carbocycles. The summed E-state index contributed by atoms with van der Waals surface area (Å²) in [6.45, 7) is 1.95. The van der Waals surface area contributed by atoms with Gasteiger partial charge in [0, 0.05) is 11.3 Å². The van der Waals surface area contributed by atoms with E-state index in [9.17, 15) is 18.0 Å². The van der Waals surface area contributed by atoms with Gasteiger partial charge in [0.05, 0.1) is 11.3 Å². The molecule has 0 radical (unpaired) electrons. The van der Waals surface area contributed by atoms with E-state index in [0.29, 0.717) is 11.0 Å². The minimum Gasteiger partial charge on any atom is -0.325 e. The monoisotopic (exact) mass is 392 g/mol. The van der Waals surface area contributed by atoms with Crippen LogP contribution in [-0.2, 0) is 11.0 Å². The first-order valence-corrected chi connectivity index (χ1v) is 8.90. The Hall–Kier alpha value is -2.81. The fourth-order valence-electron chi connectivity index (χ4n) is 2.37. The predicted octanol–water partition coefficient (Wildman–Crippen LogP) is 4.53. The Morgan fingerprint density at radius 2 is 1.96 bits per heavy atom. The Morgan fingerprint density at radius 3 is 2.70 bits per heavy atom. The molecule has 0 fully saturated rings. The number of benzene rings is 2. The number of halogens is 3. The number of hydrogen-bond acceptors (Lipinski definition) is 4. The lowest BCUT2D eigenvalue weighted by Crippen LogP contribution is -2.15. The average Bonchev–Trinajstić information content (AvgIpc) is 3.09. The smallest absolute Gasteiger partial charge is 0.325 e. The summed E-state index contributed by atoms with van der Waals surface area (Å²) in [4.78, 5) is 16.3. The molecule has 140 valence electrons. The van der Waals surface area contributed by atoms with Crippen LogP contribution < -0.4 is 5.32 Å². The second kappa shape index (κ2) is 7.83. The molecule has 0 aliphatic heterocycles. The number of anilines is 1. The minimum absolute atomic E-state index is 0.0265. The molecule has 0 saturated heterocycles. The molecule has 27 heavy (non-hydrogen) atoms. The molecule has 0 saturated carbocycles. The highest BCUT2D eigenvalue weighted by Crippen LogP contribution is 2.30. The summed E-state index contributed by atoms with van der Waals surface area (Å²) >= 11 is 1.09. The molecular formula is C18H15F3N4OS. The normalized spacial score (nSPS) is 11.4. The third kappa shape index (κ3) is 4.88. The van der Waals surface area contributed by atoms with E-state index in [4.69, 9.17) is 0 Å². The maximum atomic E-state index is 12.7. The summed E-state index contributed by atoms with van der Waals surface area (Å²) in [6.07, 6.45) is -4.46. The van der Waals surface area contributed by atoms with Gasteiger partial charge in [0.2, 0.25) is 11.1 Å². The minimum atomic E-state index is -4.46. The van der Waals surface area contributed by atoms with E-state index in [1.54, 1.807) is 0 Å². The van der Waals surface area contributed by atoms with E-state index in [0.717, 1.165) is 35.0 Å². The van der Waals surface area contributed by atoms with Crippen LogP contribution in [0.5, 0.6) is 0 Å². The molecule has 2 aromatic carbocycles. The summed E-state index contributed by atoms with van der Waals surface area (Å²) in [5, 5.41) is 9.71. The van der Waals surface area contributed by atoms with Crippen molar-refractivity contribution in [2.24, 2.45) is 0 Å². The van der Waals surface area contributed by atoms with Crippen LogP contribution in [0.25, 0.3) is 11.4 Å². The molecular weight excluding hydrogens is 377 g/mol. The number of thioether (sulfide) groups is 1. The van der Waals surface area contributed by atoms with Gasteiger partial charge in [0.15, 0.2) is 5.82 Å². The summed E-state index contributed by atoms with van der Waals surface area (Å²) in [6, 6.07) is 12.2. The van der Waals surface area contributed by atoms with Gasteiger partial charge in [0.1, 0.15) is 0 Å². The summed E-state index contributed by atoms with van der Waals surface area (Å²) in [7, 11) is 0. The fraction of sp³-hybridized carbons (Fsp3) is 0.167. The van der Waals surface area contributed by atoms with Gasteiger partial charge in [-0.1, -0.05) is 42.1 Å². The van der Waals surface area contributed by atoms with Crippen molar-refractivity contribution in [1.29, 1.82) is 0 Å². The molecule has 0 bridgehead atoms. The fourth-order valence-corrected chi connectivity index (χ4v) is 2.97. The number of H-pyrrole nitrogens is 1. The van der Waals surface area contributed by atoms with Gasteiger partial charge in [-0.2, -0.15) is 13.2 Å². The van der Waals surface area contributed by atoms with Crippen LogP contribution in [0.4, 0.5) is 18.9 Å². The van der Waals surface area contributed by atoms with E-state index >= 15 is 0 Å². The first kappa shape index (κ1) is 19.0. The van der Waals surface area contributed by atoms with Crippen molar-refractivity contribution in [2.45, 2.75) is 18.3 Å². The first-order valence-electron chi connectivity index (χ1n) is 7.91. The highest BCUT2D eigenvalue weighted by Gasteiger charge is 2.30. The predicted molar refractivity (Wildman–Crippen MR) is 97.4 cm³/mol. The molecule has 0 atom stereocenters. The van der Waals surface area contributed by atoms with Gasteiger partial charge >= 0.3 is 6.18 Å². The molecule has 0 unspecified atom stereocenters. The number of aromatic amines is 1. The van der Waals surface area contributed by atoms with Crippen LogP contribution in [0.15, 0.2) is 53.7 Å². The second-order valence-electron chi connectivity index (χ2n) is 5.70. The number of aryl methyl sites for hydroxylation is 1. The number of nitrogens with zero attached hydrogens (tertiary/aromatic N) is 2. The van der Waals surface area contributed by atoms with Crippen LogP contribution in [0, 0.1) is 6.92 Å². The van der Waals surface area contributed by atoms with Crippen molar-refractivity contribution in [3.8, 4) is 11.4 Å². The lowest BCUT2D eigenvalue weighted by atomic mass is 10.1. The van der Waals surface area contributed by atoms with Crippen molar-refractivity contribution >= 4 is 23.4 Å². The number of amides is 1. The number of carbonyl (C=O) groups is 1. The van der Waals surface area contributed by atoms with Crippen LogP contribution in [0.3, 0.4) is 0 Å². The number of alkyl halides is 3. The van der Waals surface area contributed by atoms with Gasteiger partial charge in [-0.3, -0.25) is 9.89 Å². The lowest BCUT2D eigenvalue weighted by Gasteiger charge is -2.09. The second-order valence-corrected chi connectivity index (χ2v) is 6.64. The van der Waals surface area contributed by atoms with Crippen molar-refractivity contribution in [3.63, 3.8) is 0 Å². The van der Waals surface area contributed by atoms with Crippen LogP contribution >= 0.6 is 11.8 Å². The zero-order chi connectivity index (χ0) is 19.4. The molecule has 0 spiro atoms. The standard InChI is InChI=1S/C18H15F3N4OS/c1-11-5-2-3-8-14(11)16-23-17(25-24-16)27-10-15(26)22-13-7-4-6-12(9-13)18(19,20)21/h2-9H,10H2,1H3,(H,22,26)(H,23,24,25). The zero-order valence-electron chi connectivity index (χ0n) is 14.2. The number of hydrogen-bond donors (Lipinski definition) is 2. The average molecular weight is 392 g/mol. The largest absolute Gasteiger partial charge is 0.416 e. The van der Waals surface area contributed by atoms with Gasteiger partial charge < -0.3 is 5.32 Å². The topological polar surface area (TPSA) is 70.7 Å². The molecule has 5 nitrogen and oxygen atoms in total. The van der Waals surface area contributed by atoms with E-state index in [1.807, 2.05) is 31.2 Å². The van der Waals surface area contributed by atoms with Gasteiger partial charge in [-0.25, -0.2) is 4.98 Å². The highest BCUT2D eigenvalue weighted by atomic mass is 32.2. The highest BCUT2D eigenvalue weighted by molar-refractivity contribution is 7.99. The Balaban J connectivity index is 1.60. The number of rotatable bonds is 5. The summed E-state index contributed by atoms with van der Waals surface area (Å²) in [5.41, 5.74) is 1.22. The molecule has 3 aromatic rings. The van der Waals surface area contributed by atoms with E-state index in [1.165, 1.54) is 12.1 Å². The maximum absolute atomic E-state index is 12.7. The van der Waals surface area contributed by atoms with Crippen molar-refractivity contribution in [1.82, 2.24) is 15.2 Å². The van der Waals surface area contributed by atoms with Crippen LogP contribution in [0.2, 0.25) is 0 Å². The molecule has 9 heteroatoms. The molecule has 1 amide bonds. The van der Waals surface area contributed by atoms with Gasteiger partial charge in [-0.15, -0.1) is 5.10 Å². The Morgan fingerprint density at radius 1 is 1.19 bits per heavy atom. The van der Waals surface area contributed by atoms with Crippen molar-refractivity contribution in [2.75, 3.05) is 11.1 Å². The molecule has 2 N–H and O–H groups in total. The van der Waals surface area contributed by atoms with Crippen molar-refractivity contribution < 1.29 is 18.0 Å². The van der Waals surface area contributed by atoms with E-state index in [2.05, 4.69) is 20.5 Å². The Labute approximate surface area is 157 Å². The number of aromatic nitrogens is 3. The first-order chi connectivity index (χ1) is 12.8. The lowest BCUT2D eigenvalue weighted by molar-refractivity contribution is -0.137. The molecule has 1 aromatic heterocycles. The maximum Gasteiger partial charge on any atom is 0.416 e. The van der Waals surface area contributed by atoms with Crippen molar-refractivity contribution in [3.05, 3.63) is 59.7 Å². The SMILES string of the molecule is Cc1ccccc1-c1nc(SCC(=O)Nc2cccc(C(F)(F)F)c2)n[nH]1. The third-order valence-corrected chi connectivity index (χ3v) is 4.52. The molecule has 3 rings (SSSR count). The summed E-state index contributed by atoms with van der Waals surface area (Å²) in [5.74, 6) is 0.122. The summed E-state index contributed by atoms with van der Waals surface area (Å²) < 4.78 is 38.1. The molecule has 1 heterocycles. The number of carbonyl (C=O) groups excluding carboxylic acids is 1. The zero-order valence-corrected chi connectivity index (χ0v) is 15.0. The number of nitrogens with one attached hydrogen (secondary N) is 2. The van der Waals surface area contributed by atoms with Crippen LogP contribution in [-0.4, -0.2) is 26.8 Å². The van der Waals surface area contributed by atoms with Gasteiger partial charge in [0.25, 0.3) is 0 Å². The third-order valence-electron chi connectivity index (χ3n) is 3.67. The quantitative estimate of drug-likeness (QED) is 0.626. The molecule has 0 aliphatic rings. The van der Waals surface area contributed by atoms with Gasteiger partial charge in [-0.05, 0) is 30.7 Å². The Kier molecular flexibility index (Phi) is 5.50. The van der Waals surface area contributed by atoms with Crippen LogP contribution in [0.1, 0.15) is 11.1 Å².